The summed E-state index contributed by atoms with van der Waals surface area (Å²) in [5, 5.41) is 9.05. The number of carbonyl (C=O) groups is 1. The lowest BCUT2D eigenvalue weighted by molar-refractivity contribution is 0.101. The highest BCUT2D eigenvalue weighted by Crippen LogP contribution is 2.17. The first-order chi connectivity index (χ1) is 10.2. The van der Waals surface area contributed by atoms with Crippen molar-refractivity contribution in [2.45, 2.75) is 19.8 Å². The predicted molar refractivity (Wildman–Crippen MR) is 73.5 cm³/mol. The lowest BCUT2D eigenvalue weighted by atomic mass is 10.3. The Kier molecular flexibility index (Phi) is 4.64. The van der Waals surface area contributed by atoms with Crippen LogP contribution in [-0.4, -0.2) is 45.3 Å². The molecule has 0 saturated carbocycles. The van der Waals surface area contributed by atoms with E-state index in [2.05, 4.69) is 30.5 Å². The van der Waals surface area contributed by atoms with E-state index in [1.807, 2.05) is 6.92 Å². The van der Waals surface area contributed by atoms with Gasteiger partial charge in [-0.05, 0) is 6.42 Å². The van der Waals surface area contributed by atoms with Gasteiger partial charge in [0.1, 0.15) is 5.82 Å². The number of amides is 1. The van der Waals surface area contributed by atoms with Gasteiger partial charge < -0.3 is 9.47 Å². The van der Waals surface area contributed by atoms with E-state index in [0.29, 0.717) is 5.82 Å². The summed E-state index contributed by atoms with van der Waals surface area (Å²) in [7, 11) is 2.92. The zero-order chi connectivity index (χ0) is 15.2. The molecule has 9 nitrogen and oxygen atoms in total. The molecular formula is C12H16N6O3. The van der Waals surface area contributed by atoms with Crippen LogP contribution in [0.25, 0.3) is 0 Å². The van der Waals surface area contributed by atoms with Gasteiger partial charge in [0.25, 0.3) is 5.91 Å². The smallest absolute Gasteiger partial charge is 0.297 e. The van der Waals surface area contributed by atoms with Crippen molar-refractivity contribution in [3.05, 3.63) is 17.7 Å². The molecule has 0 unspecified atom stereocenters. The summed E-state index contributed by atoms with van der Waals surface area (Å²) in [6.45, 7) is 2.01. The number of hydrogen-bond acceptors (Lipinski definition) is 7. The summed E-state index contributed by atoms with van der Waals surface area (Å²) >= 11 is 0. The molecule has 9 heteroatoms. The number of methoxy groups -OCH3 is 2. The molecule has 0 spiro atoms. The normalized spacial score (nSPS) is 10.2. The first kappa shape index (κ1) is 14.7. The Hall–Kier alpha value is -2.71. The number of hydrogen-bond donors (Lipinski definition) is 2. The van der Waals surface area contributed by atoms with Crippen LogP contribution in [0, 0.1) is 0 Å². The standard InChI is InChI=1S/C12H16N6O3/c1-4-5-7-13-10(18-17-7)11(19)16-12-14-8(20-2)6-9(15-12)21-3/h6H,4-5H2,1-3H3,(H,13,17,18)(H,14,15,16,19). The molecule has 112 valence electrons. The number of aryl methyl sites for hydroxylation is 1. The molecule has 2 rings (SSSR count). The lowest BCUT2D eigenvalue weighted by Crippen LogP contribution is -2.16. The minimum Gasteiger partial charge on any atom is -0.481 e. The fourth-order valence-electron chi connectivity index (χ4n) is 1.57. The van der Waals surface area contributed by atoms with Gasteiger partial charge in [-0.1, -0.05) is 6.92 Å². The van der Waals surface area contributed by atoms with Crippen LogP contribution in [0.15, 0.2) is 6.07 Å². The number of H-pyrrole nitrogens is 1. The van der Waals surface area contributed by atoms with Gasteiger partial charge in [0.05, 0.1) is 20.3 Å². The average molecular weight is 292 g/mol. The summed E-state index contributed by atoms with van der Waals surface area (Å²) in [6.07, 6.45) is 1.64. The van der Waals surface area contributed by atoms with Crippen molar-refractivity contribution in [2.75, 3.05) is 19.5 Å². The van der Waals surface area contributed by atoms with Crippen molar-refractivity contribution in [1.82, 2.24) is 25.1 Å². The predicted octanol–water partition coefficient (Wildman–Crippen LogP) is 0.817. The third-order valence-electron chi connectivity index (χ3n) is 2.54. The number of anilines is 1. The van der Waals surface area contributed by atoms with Gasteiger partial charge >= 0.3 is 0 Å². The van der Waals surface area contributed by atoms with Gasteiger partial charge in [-0.25, -0.2) is 4.98 Å². The van der Waals surface area contributed by atoms with Gasteiger partial charge in [-0.3, -0.25) is 15.2 Å². The van der Waals surface area contributed by atoms with E-state index < -0.39 is 5.91 Å². The third-order valence-corrected chi connectivity index (χ3v) is 2.54. The maximum absolute atomic E-state index is 12.0. The summed E-state index contributed by atoms with van der Waals surface area (Å²) in [4.78, 5) is 24.1. The number of carbonyl (C=O) groups excluding carboxylic acids is 1. The zero-order valence-electron chi connectivity index (χ0n) is 12.0. The summed E-state index contributed by atoms with van der Waals surface area (Å²) in [5.41, 5.74) is 0. The number of rotatable bonds is 6. The van der Waals surface area contributed by atoms with E-state index in [9.17, 15) is 4.79 Å². The Bertz CT molecular complexity index is 605. The molecule has 2 aromatic rings. The highest BCUT2D eigenvalue weighted by Gasteiger charge is 2.15. The Morgan fingerprint density at radius 1 is 1.24 bits per heavy atom. The highest BCUT2D eigenvalue weighted by molar-refractivity contribution is 6.00. The fourth-order valence-corrected chi connectivity index (χ4v) is 1.57. The van der Waals surface area contributed by atoms with Crippen LogP contribution in [0.3, 0.4) is 0 Å². The van der Waals surface area contributed by atoms with Crippen LogP contribution >= 0.6 is 0 Å². The molecular weight excluding hydrogens is 276 g/mol. The van der Waals surface area contributed by atoms with E-state index in [1.54, 1.807) is 0 Å². The molecule has 2 N–H and O–H groups in total. The second-order valence-corrected chi connectivity index (χ2v) is 4.09. The van der Waals surface area contributed by atoms with Crippen LogP contribution in [0.4, 0.5) is 5.95 Å². The topological polar surface area (TPSA) is 115 Å². The van der Waals surface area contributed by atoms with Crippen LogP contribution in [0.1, 0.15) is 29.8 Å². The van der Waals surface area contributed by atoms with Crippen LogP contribution in [0.5, 0.6) is 11.8 Å². The van der Waals surface area contributed by atoms with Crippen molar-refractivity contribution in [1.29, 1.82) is 0 Å². The molecule has 2 heterocycles. The summed E-state index contributed by atoms with van der Waals surface area (Å²) in [5.74, 6) is 0.787. The van der Waals surface area contributed by atoms with Crippen molar-refractivity contribution in [2.24, 2.45) is 0 Å². The third kappa shape index (κ3) is 3.65. The Morgan fingerprint density at radius 3 is 2.48 bits per heavy atom. The molecule has 0 fully saturated rings. The van der Waals surface area contributed by atoms with E-state index >= 15 is 0 Å². The van der Waals surface area contributed by atoms with Crippen molar-refractivity contribution < 1.29 is 14.3 Å². The Balaban J connectivity index is 2.14. The monoisotopic (exact) mass is 292 g/mol. The Labute approximate surface area is 121 Å². The second kappa shape index (κ2) is 6.64. The molecule has 21 heavy (non-hydrogen) atoms. The maximum atomic E-state index is 12.0. The molecule has 0 saturated heterocycles. The molecule has 1 amide bonds. The summed E-state index contributed by atoms with van der Waals surface area (Å²) < 4.78 is 10.0. The molecule has 0 aromatic carbocycles. The first-order valence-electron chi connectivity index (χ1n) is 6.36. The van der Waals surface area contributed by atoms with Crippen molar-refractivity contribution >= 4 is 11.9 Å². The molecule has 0 radical (unpaired) electrons. The molecule has 0 bridgehead atoms. The van der Waals surface area contributed by atoms with Crippen molar-refractivity contribution in [3.63, 3.8) is 0 Å². The molecule has 0 aliphatic rings. The van der Waals surface area contributed by atoms with Gasteiger partial charge in [0, 0.05) is 6.42 Å². The van der Waals surface area contributed by atoms with Crippen LogP contribution in [-0.2, 0) is 6.42 Å². The van der Waals surface area contributed by atoms with Gasteiger partial charge in [-0.15, -0.1) is 5.10 Å². The van der Waals surface area contributed by atoms with E-state index in [4.69, 9.17) is 9.47 Å². The summed E-state index contributed by atoms with van der Waals surface area (Å²) in [6, 6.07) is 1.50. The van der Waals surface area contributed by atoms with E-state index in [0.717, 1.165) is 12.8 Å². The number of aromatic nitrogens is 5. The minimum atomic E-state index is -0.510. The highest BCUT2D eigenvalue weighted by atomic mass is 16.5. The molecule has 2 aromatic heterocycles. The molecule has 0 aliphatic carbocycles. The maximum Gasteiger partial charge on any atom is 0.297 e. The van der Waals surface area contributed by atoms with Crippen molar-refractivity contribution in [3.8, 4) is 11.8 Å². The van der Waals surface area contributed by atoms with E-state index in [-0.39, 0.29) is 23.5 Å². The SMILES string of the molecule is CCCc1nc(C(=O)Nc2nc(OC)cc(OC)n2)n[nH]1. The Morgan fingerprint density at radius 2 is 1.90 bits per heavy atom. The largest absolute Gasteiger partial charge is 0.481 e. The number of aromatic amines is 1. The van der Waals surface area contributed by atoms with Gasteiger partial charge in [-0.2, -0.15) is 9.97 Å². The van der Waals surface area contributed by atoms with Crippen LogP contribution in [0.2, 0.25) is 0 Å². The fraction of sp³-hybridized carbons (Fsp3) is 0.417. The lowest BCUT2D eigenvalue weighted by Gasteiger charge is -2.06. The first-order valence-corrected chi connectivity index (χ1v) is 6.36. The molecule has 0 aliphatic heterocycles. The number of nitrogens with zero attached hydrogens (tertiary/aromatic N) is 4. The number of nitrogens with one attached hydrogen (secondary N) is 2. The van der Waals surface area contributed by atoms with Gasteiger partial charge in [0.2, 0.25) is 23.5 Å². The number of ether oxygens (including phenoxy) is 2. The quantitative estimate of drug-likeness (QED) is 0.809. The van der Waals surface area contributed by atoms with Gasteiger partial charge in [0.15, 0.2) is 0 Å². The van der Waals surface area contributed by atoms with E-state index in [1.165, 1.54) is 20.3 Å². The average Bonchev–Trinajstić information content (AvgIpc) is 2.96. The van der Waals surface area contributed by atoms with Crippen LogP contribution < -0.4 is 14.8 Å². The minimum absolute atomic E-state index is 0.0313. The zero-order valence-corrected chi connectivity index (χ0v) is 12.0. The second-order valence-electron chi connectivity index (χ2n) is 4.09. The molecule has 0 atom stereocenters.